The molecule has 0 spiro atoms. The zero-order valence-corrected chi connectivity index (χ0v) is 18.2. The van der Waals surface area contributed by atoms with E-state index in [1.54, 1.807) is 28.4 Å². The van der Waals surface area contributed by atoms with Gasteiger partial charge in [-0.3, -0.25) is 4.79 Å². The van der Waals surface area contributed by atoms with E-state index in [-0.39, 0.29) is 11.7 Å². The summed E-state index contributed by atoms with van der Waals surface area (Å²) in [6.07, 6.45) is 5.57. The molecule has 0 amide bonds. The number of hydrogen-bond acceptors (Lipinski definition) is 5. The molecule has 5 nitrogen and oxygen atoms in total. The Balaban J connectivity index is 1.94. The lowest BCUT2D eigenvalue weighted by molar-refractivity contribution is -0.113. The van der Waals surface area contributed by atoms with Crippen molar-refractivity contribution in [3.8, 4) is 23.0 Å². The van der Waals surface area contributed by atoms with Crippen molar-refractivity contribution in [2.45, 2.75) is 19.8 Å². The predicted molar refractivity (Wildman–Crippen MR) is 118 cm³/mol. The summed E-state index contributed by atoms with van der Waals surface area (Å²) in [7, 11) is 6.42. The number of carbonyl (C=O) groups excluding carboxylic acids is 1. The minimum atomic E-state index is 0.0818. The van der Waals surface area contributed by atoms with Gasteiger partial charge >= 0.3 is 0 Å². The monoisotopic (exact) mass is 408 g/mol. The maximum Gasteiger partial charge on any atom is 0.185 e. The van der Waals surface area contributed by atoms with Crippen LogP contribution in [-0.2, 0) is 4.79 Å². The summed E-state index contributed by atoms with van der Waals surface area (Å²) in [5, 5.41) is 0. The van der Waals surface area contributed by atoms with Crippen molar-refractivity contribution >= 4 is 17.9 Å². The molecule has 0 N–H and O–H groups in total. The predicted octanol–water partition coefficient (Wildman–Crippen LogP) is 5.19. The molecule has 158 valence electrons. The van der Waals surface area contributed by atoms with E-state index in [1.165, 1.54) is 0 Å². The van der Waals surface area contributed by atoms with Gasteiger partial charge in [-0.2, -0.15) is 0 Å². The SMILES string of the molecule is COc1ccc(/C=C2\CC[C@@H](C)/C(=C\c3ccc(OC)c(OC)c3)C2=O)cc1OC. The van der Waals surface area contributed by atoms with Gasteiger partial charge in [0.1, 0.15) is 0 Å². The molecule has 0 unspecified atom stereocenters. The van der Waals surface area contributed by atoms with Crippen LogP contribution in [0.3, 0.4) is 0 Å². The lowest BCUT2D eigenvalue weighted by Gasteiger charge is -2.23. The zero-order chi connectivity index (χ0) is 21.7. The molecule has 5 heteroatoms. The fourth-order valence-electron chi connectivity index (χ4n) is 3.66. The molecule has 2 aromatic rings. The standard InChI is InChI=1S/C25H28O5/c1-16-6-9-19(12-17-7-10-21(27-2)23(14-17)29-4)25(26)20(16)13-18-8-11-22(28-3)24(15-18)30-5/h7-8,10-16H,6,9H2,1-5H3/b19-12+,20-13+/t16-/m1/s1. The molecule has 1 atom stereocenters. The third kappa shape index (κ3) is 4.51. The Labute approximate surface area is 177 Å². The molecule has 1 saturated carbocycles. The van der Waals surface area contributed by atoms with Crippen molar-refractivity contribution in [3.63, 3.8) is 0 Å². The van der Waals surface area contributed by atoms with Gasteiger partial charge < -0.3 is 18.9 Å². The third-order valence-electron chi connectivity index (χ3n) is 5.41. The van der Waals surface area contributed by atoms with Crippen molar-refractivity contribution in [2.75, 3.05) is 28.4 Å². The van der Waals surface area contributed by atoms with E-state index in [2.05, 4.69) is 6.92 Å². The number of carbonyl (C=O) groups is 1. The number of benzene rings is 2. The number of hydrogen-bond donors (Lipinski definition) is 0. The van der Waals surface area contributed by atoms with Gasteiger partial charge in [0.2, 0.25) is 0 Å². The summed E-state index contributed by atoms with van der Waals surface area (Å²) in [5.41, 5.74) is 3.43. The molecule has 0 aliphatic heterocycles. The Hall–Kier alpha value is -3.21. The van der Waals surface area contributed by atoms with E-state index in [4.69, 9.17) is 18.9 Å². The number of ether oxygens (including phenoxy) is 4. The lowest BCUT2D eigenvalue weighted by Crippen LogP contribution is -2.19. The first-order valence-corrected chi connectivity index (χ1v) is 9.91. The Morgan fingerprint density at radius 2 is 1.27 bits per heavy atom. The van der Waals surface area contributed by atoms with Gasteiger partial charge in [0, 0.05) is 11.1 Å². The average molecular weight is 408 g/mol. The number of rotatable bonds is 6. The normalized spacial score (nSPS) is 19.1. The van der Waals surface area contributed by atoms with E-state index < -0.39 is 0 Å². The molecule has 0 heterocycles. The van der Waals surface area contributed by atoms with E-state index in [0.29, 0.717) is 23.0 Å². The van der Waals surface area contributed by atoms with Crippen molar-refractivity contribution in [2.24, 2.45) is 5.92 Å². The summed E-state index contributed by atoms with van der Waals surface area (Å²) in [6, 6.07) is 11.3. The van der Waals surface area contributed by atoms with Crippen molar-refractivity contribution in [1.82, 2.24) is 0 Å². The highest BCUT2D eigenvalue weighted by molar-refractivity contribution is 6.14. The minimum absolute atomic E-state index is 0.0818. The molecule has 0 bridgehead atoms. The third-order valence-corrected chi connectivity index (χ3v) is 5.41. The smallest absolute Gasteiger partial charge is 0.185 e. The summed E-state index contributed by atoms with van der Waals surface area (Å²) in [5.74, 6) is 2.88. The molecule has 2 aromatic carbocycles. The molecule has 1 fully saturated rings. The van der Waals surface area contributed by atoms with Crippen LogP contribution in [0.4, 0.5) is 0 Å². The van der Waals surface area contributed by atoms with Gasteiger partial charge in [-0.1, -0.05) is 19.1 Å². The number of Topliss-reactive ketones (excluding diaryl/α,β-unsaturated/α-hetero) is 1. The van der Waals surface area contributed by atoms with Crippen molar-refractivity contribution in [3.05, 3.63) is 58.7 Å². The van der Waals surface area contributed by atoms with Crippen LogP contribution in [0.1, 0.15) is 30.9 Å². The first-order chi connectivity index (χ1) is 14.5. The van der Waals surface area contributed by atoms with E-state index in [0.717, 1.165) is 35.1 Å². The summed E-state index contributed by atoms with van der Waals surface area (Å²) >= 11 is 0. The van der Waals surface area contributed by atoms with Gasteiger partial charge in [-0.05, 0) is 66.3 Å². The van der Waals surface area contributed by atoms with Crippen LogP contribution in [0.15, 0.2) is 47.5 Å². The molecule has 30 heavy (non-hydrogen) atoms. The first kappa shape index (κ1) is 21.5. The van der Waals surface area contributed by atoms with Gasteiger partial charge in [0.05, 0.1) is 28.4 Å². The summed E-state index contributed by atoms with van der Waals surface area (Å²) < 4.78 is 21.4. The molecule has 1 aliphatic carbocycles. The van der Waals surface area contributed by atoms with Gasteiger partial charge in [-0.25, -0.2) is 0 Å². The second-order valence-corrected chi connectivity index (χ2v) is 7.27. The highest BCUT2D eigenvalue weighted by Gasteiger charge is 2.26. The molecule has 1 aliphatic rings. The molecule has 3 rings (SSSR count). The second-order valence-electron chi connectivity index (χ2n) is 7.27. The maximum atomic E-state index is 13.3. The first-order valence-electron chi connectivity index (χ1n) is 9.91. The fourth-order valence-corrected chi connectivity index (χ4v) is 3.66. The van der Waals surface area contributed by atoms with Crippen LogP contribution in [0, 0.1) is 5.92 Å². The lowest BCUT2D eigenvalue weighted by atomic mass is 9.80. The maximum absolute atomic E-state index is 13.3. The van der Waals surface area contributed by atoms with E-state index in [9.17, 15) is 4.79 Å². The number of allylic oxidation sites excluding steroid dienone is 2. The molecule has 0 saturated heterocycles. The highest BCUT2D eigenvalue weighted by atomic mass is 16.5. The van der Waals surface area contributed by atoms with Gasteiger partial charge in [0.25, 0.3) is 0 Å². The van der Waals surface area contributed by atoms with E-state index in [1.807, 2.05) is 48.6 Å². The summed E-state index contributed by atoms with van der Waals surface area (Å²) in [4.78, 5) is 13.3. The van der Waals surface area contributed by atoms with Crippen LogP contribution < -0.4 is 18.9 Å². The Bertz CT molecular complexity index is 987. The summed E-state index contributed by atoms with van der Waals surface area (Å²) in [6.45, 7) is 2.09. The van der Waals surface area contributed by atoms with Crippen LogP contribution in [0.2, 0.25) is 0 Å². The Morgan fingerprint density at radius 1 is 0.767 bits per heavy atom. The molecule has 0 radical (unpaired) electrons. The van der Waals surface area contributed by atoms with Crippen molar-refractivity contribution in [1.29, 1.82) is 0 Å². The van der Waals surface area contributed by atoms with Crippen LogP contribution in [-0.4, -0.2) is 34.2 Å². The van der Waals surface area contributed by atoms with Crippen LogP contribution >= 0.6 is 0 Å². The fraction of sp³-hybridized carbons (Fsp3) is 0.320. The van der Waals surface area contributed by atoms with Crippen LogP contribution in [0.25, 0.3) is 12.2 Å². The average Bonchev–Trinajstić information content (AvgIpc) is 2.78. The van der Waals surface area contributed by atoms with E-state index >= 15 is 0 Å². The molecule has 0 aromatic heterocycles. The quantitative estimate of drug-likeness (QED) is 0.616. The second kappa shape index (κ2) is 9.53. The Morgan fingerprint density at radius 3 is 1.77 bits per heavy atom. The molecular weight excluding hydrogens is 380 g/mol. The Kier molecular flexibility index (Phi) is 6.83. The minimum Gasteiger partial charge on any atom is -0.493 e. The highest BCUT2D eigenvalue weighted by Crippen LogP contribution is 2.35. The topological polar surface area (TPSA) is 54.0 Å². The van der Waals surface area contributed by atoms with Crippen molar-refractivity contribution < 1.29 is 23.7 Å². The largest absolute Gasteiger partial charge is 0.493 e. The number of methoxy groups -OCH3 is 4. The van der Waals surface area contributed by atoms with Gasteiger partial charge in [0.15, 0.2) is 28.8 Å². The van der Waals surface area contributed by atoms with Gasteiger partial charge in [-0.15, -0.1) is 0 Å². The van der Waals surface area contributed by atoms with Crippen LogP contribution in [0.5, 0.6) is 23.0 Å². The number of ketones is 1. The molecular formula is C25H28O5. The zero-order valence-electron chi connectivity index (χ0n) is 18.2.